The number of likely N-dealkylation sites (N-methyl/N-ethyl adjacent to an activating group) is 1. The van der Waals surface area contributed by atoms with Crippen LogP contribution in [0.3, 0.4) is 0 Å². The minimum atomic E-state index is -0.0109. The summed E-state index contributed by atoms with van der Waals surface area (Å²) in [6, 6.07) is 5.31. The first-order valence-corrected chi connectivity index (χ1v) is 4.81. The van der Waals surface area contributed by atoms with E-state index >= 15 is 0 Å². The minimum absolute atomic E-state index is 0.0109. The molecule has 0 bridgehead atoms. The van der Waals surface area contributed by atoms with Crippen LogP contribution in [0.25, 0.3) is 0 Å². The van der Waals surface area contributed by atoms with E-state index < -0.39 is 0 Å². The Labute approximate surface area is 87.7 Å². The monoisotopic (exact) mass is 204 g/mol. The van der Waals surface area contributed by atoms with Gasteiger partial charge < -0.3 is 10.6 Å². The van der Waals surface area contributed by atoms with Crippen molar-refractivity contribution >= 4 is 17.4 Å². The van der Waals surface area contributed by atoms with E-state index in [4.69, 9.17) is 0 Å². The first-order valence-electron chi connectivity index (χ1n) is 4.81. The van der Waals surface area contributed by atoms with E-state index in [9.17, 15) is 9.59 Å². The maximum Gasteiger partial charge on any atom is 0.228 e. The third-order valence-corrected chi connectivity index (χ3v) is 2.39. The van der Waals surface area contributed by atoms with Crippen LogP contribution in [0.5, 0.6) is 0 Å². The lowest BCUT2D eigenvalue weighted by molar-refractivity contribution is -0.115. The van der Waals surface area contributed by atoms with Gasteiger partial charge in [0.25, 0.3) is 0 Å². The van der Waals surface area contributed by atoms with Gasteiger partial charge in [-0.25, -0.2) is 0 Å². The Bertz CT molecular complexity index is 427. The van der Waals surface area contributed by atoms with Crippen LogP contribution in [-0.4, -0.2) is 25.3 Å². The van der Waals surface area contributed by atoms with Crippen molar-refractivity contribution in [3.63, 3.8) is 0 Å². The largest absolute Gasteiger partial charge is 0.326 e. The van der Waals surface area contributed by atoms with E-state index in [-0.39, 0.29) is 11.7 Å². The predicted molar refractivity (Wildman–Crippen MR) is 57.0 cm³/mol. The van der Waals surface area contributed by atoms with Crippen molar-refractivity contribution in [3.8, 4) is 0 Å². The number of hydrogen-bond acceptors (Lipinski definition) is 3. The number of Topliss-reactive ketones (excluding diaryl/α,β-unsaturated/α-hetero) is 1. The molecule has 4 heteroatoms. The summed E-state index contributed by atoms with van der Waals surface area (Å²) in [5.41, 5.74) is 2.38. The third kappa shape index (κ3) is 1.89. The lowest BCUT2D eigenvalue weighted by Gasteiger charge is -2.02. The average Bonchev–Trinajstić information content (AvgIpc) is 2.57. The van der Waals surface area contributed by atoms with Gasteiger partial charge in [0.1, 0.15) is 0 Å². The number of carbonyl (C=O) groups excluding carboxylic acids is 2. The second kappa shape index (κ2) is 3.82. The summed E-state index contributed by atoms with van der Waals surface area (Å²) in [5.74, 6) is 0.0304. The second-order valence-electron chi connectivity index (χ2n) is 3.55. The molecule has 0 saturated heterocycles. The SMILES string of the molecule is CNCC(=O)c1ccc2c(c1)CC(=O)N2. The zero-order valence-corrected chi connectivity index (χ0v) is 8.46. The lowest BCUT2D eigenvalue weighted by Crippen LogP contribution is -2.18. The molecule has 0 radical (unpaired) electrons. The van der Waals surface area contributed by atoms with Crippen molar-refractivity contribution < 1.29 is 9.59 Å². The number of ketones is 1. The van der Waals surface area contributed by atoms with Gasteiger partial charge in [-0.3, -0.25) is 9.59 Å². The summed E-state index contributed by atoms with van der Waals surface area (Å²) < 4.78 is 0. The first-order chi connectivity index (χ1) is 7.20. The van der Waals surface area contributed by atoms with Crippen LogP contribution < -0.4 is 10.6 Å². The van der Waals surface area contributed by atoms with Crippen LogP contribution in [0.15, 0.2) is 18.2 Å². The Hall–Kier alpha value is -1.68. The highest BCUT2D eigenvalue weighted by molar-refractivity contribution is 6.02. The van der Waals surface area contributed by atoms with Crippen LogP contribution >= 0.6 is 0 Å². The van der Waals surface area contributed by atoms with Gasteiger partial charge in [-0.15, -0.1) is 0 Å². The molecule has 1 aromatic rings. The molecular weight excluding hydrogens is 192 g/mol. The summed E-state index contributed by atoms with van der Waals surface area (Å²) in [7, 11) is 1.73. The number of carbonyl (C=O) groups is 2. The van der Waals surface area contributed by atoms with Crippen molar-refractivity contribution in [1.29, 1.82) is 0 Å². The molecule has 0 aliphatic carbocycles. The summed E-state index contributed by atoms with van der Waals surface area (Å²) in [5, 5.41) is 5.54. The van der Waals surface area contributed by atoms with Gasteiger partial charge in [0.15, 0.2) is 5.78 Å². The number of nitrogens with one attached hydrogen (secondary N) is 2. The fourth-order valence-corrected chi connectivity index (χ4v) is 1.67. The Morgan fingerprint density at radius 1 is 1.53 bits per heavy atom. The molecule has 78 valence electrons. The van der Waals surface area contributed by atoms with Gasteiger partial charge in [0, 0.05) is 11.3 Å². The molecule has 0 fully saturated rings. The quantitative estimate of drug-likeness (QED) is 0.708. The maximum absolute atomic E-state index is 11.6. The number of amides is 1. The van der Waals surface area contributed by atoms with Crippen LogP contribution in [0.1, 0.15) is 15.9 Å². The summed E-state index contributed by atoms with van der Waals surface area (Å²) in [6.07, 6.45) is 0.371. The van der Waals surface area contributed by atoms with E-state index in [1.165, 1.54) is 0 Å². The zero-order chi connectivity index (χ0) is 10.8. The van der Waals surface area contributed by atoms with Crippen molar-refractivity contribution in [1.82, 2.24) is 5.32 Å². The molecule has 0 spiro atoms. The normalized spacial score (nSPS) is 13.5. The predicted octanol–water partition coefficient (Wildman–Crippen LogP) is 0.583. The summed E-state index contributed by atoms with van der Waals surface area (Å²) in [6.45, 7) is 0.320. The molecule has 0 saturated carbocycles. The molecule has 0 aromatic heterocycles. The number of hydrogen-bond donors (Lipinski definition) is 2. The Kier molecular flexibility index (Phi) is 2.51. The smallest absolute Gasteiger partial charge is 0.228 e. The lowest BCUT2D eigenvalue weighted by atomic mass is 10.1. The maximum atomic E-state index is 11.6. The van der Waals surface area contributed by atoms with Gasteiger partial charge in [-0.05, 0) is 30.8 Å². The molecule has 4 nitrogen and oxygen atoms in total. The number of benzene rings is 1. The molecule has 15 heavy (non-hydrogen) atoms. The van der Waals surface area contributed by atoms with Crippen molar-refractivity contribution in [2.24, 2.45) is 0 Å². The van der Waals surface area contributed by atoms with Crippen LogP contribution in [0, 0.1) is 0 Å². The highest BCUT2D eigenvalue weighted by atomic mass is 16.1. The molecule has 2 rings (SSSR count). The second-order valence-corrected chi connectivity index (χ2v) is 3.55. The fourth-order valence-electron chi connectivity index (χ4n) is 1.67. The van der Waals surface area contributed by atoms with E-state index in [1.807, 2.05) is 0 Å². The zero-order valence-electron chi connectivity index (χ0n) is 8.46. The van der Waals surface area contributed by atoms with Gasteiger partial charge in [0.2, 0.25) is 5.91 Å². The molecular formula is C11H12N2O2. The van der Waals surface area contributed by atoms with Gasteiger partial charge in [0.05, 0.1) is 13.0 Å². The minimum Gasteiger partial charge on any atom is -0.326 e. The van der Waals surface area contributed by atoms with Gasteiger partial charge >= 0.3 is 0 Å². The van der Waals surface area contributed by atoms with Gasteiger partial charge in [-0.2, -0.15) is 0 Å². The summed E-state index contributed by atoms with van der Waals surface area (Å²) >= 11 is 0. The molecule has 1 heterocycles. The van der Waals surface area contributed by atoms with E-state index in [0.717, 1.165) is 11.3 Å². The number of fused-ring (bicyclic) bond motifs is 1. The Morgan fingerprint density at radius 3 is 3.07 bits per heavy atom. The highest BCUT2D eigenvalue weighted by Crippen LogP contribution is 2.23. The standard InChI is InChI=1S/C11H12N2O2/c1-12-6-10(14)7-2-3-9-8(4-7)5-11(15)13-9/h2-4,12H,5-6H2,1H3,(H,13,15). The highest BCUT2D eigenvalue weighted by Gasteiger charge is 2.18. The molecule has 2 N–H and O–H groups in total. The van der Waals surface area contributed by atoms with Crippen LogP contribution in [0.4, 0.5) is 5.69 Å². The molecule has 0 atom stereocenters. The van der Waals surface area contributed by atoms with Crippen LogP contribution in [0.2, 0.25) is 0 Å². The first kappa shape index (κ1) is 9.86. The van der Waals surface area contributed by atoms with Crippen molar-refractivity contribution in [3.05, 3.63) is 29.3 Å². The van der Waals surface area contributed by atoms with Crippen LogP contribution in [-0.2, 0) is 11.2 Å². The van der Waals surface area contributed by atoms with E-state index in [2.05, 4.69) is 10.6 Å². The fraction of sp³-hybridized carbons (Fsp3) is 0.273. The van der Waals surface area contributed by atoms with E-state index in [0.29, 0.717) is 18.5 Å². The Balaban J connectivity index is 2.27. The Morgan fingerprint density at radius 2 is 2.33 bits per heavy atom. The molecule has 1 aliphatic rings. The topological polar surface area (TPSA) is 58.2 Å². The molecule has 1 aliphatic heterocycles. The van der Waals surface area contributed by atoms with Crippen molar-refractivity contribution in [2.75, 3.05) is 18.9 Å². The van der Waals surface area contributed by atoms with Crippen molar-refractivity contribution in [2.45, 2.75) is 6.42 Å². The third-order valence-electron chi connectivity index (χ3n) is 2.39. The number of rotatable bonds is 3. The number of anilines is 1. The van der Waals surface area contributed by atoms with Gasteiger partial charge in [-0.1, -0.05) is 0 Å². The molecule has 0 unspecified atom stereocenters. The summed E-state index contributed by atoms with van der Waals surface area (Å²) in [4.78, 5) is 22.7. The molecule has 1 amide bonds. The van der Waals surface area contributed by atoms with E-state index in [1.54, 1.807) is 25.2 Å². The average molecular weight is 204 g/mol. The molecule has 1 aromatic carbocycles.